The zero-order valence-corrected chi connectivity index (χ0v) is 13.2. The fourth-order valence-electron chi connectivity index (χ4n) is 2.08. The van der Waals surface area contributed by atoms with E-state index in [9.17, 15) is 4.79 Å². The largest absolute Gasteiger partial charge is 0.338 e. The van der Waals surface area contributed by atoms with E-state index in [1.807, 2.05) is 38.7 Å². The minimum absolute atomic E-state index is 0.298. The number of rotatable bonds is 2. The monoisotopic (exact) mass is 263 g/mol. The topological polar surface area (TPSA) is 20.3 Å². The third-order valence-corrected chi connectivity index (χ3v) is 2.95. The highest BCUT2D eigenvalue weighted by molar-refractivity contribution is 5.76. The number of carbonyl (C=O) groups excluding carboxylic acids is 1. The maximum absolute atomic E-state index is 11.7. The van der Waals surface area contributed by atoms with Crippen LogP contribution in [0.1, 0.15) is 58.6 Å². The first-order chi connectivity index (χ1) is 9.31. The third kappa shape index (κ3) is 5.46. The van der Waals surface area contributed by atoms with Crippen molar-refractivity contribution in [1.82, 2.24) is 4.90 Å². The Kier molecular flexibility index (Phi) is 9.87. The van der Waals surface area contributed by atoms with Gasteiger partial charge in [0.05, 0.1) is 0 Å². The summed E-state index contributed by atoms with van der Waals surface area (Å²) in [4.78, 5) is 13.7. The molecule has 2 heteroatoms. The fourth-order valence-corrected chi connectivity index (χ4v) is 2.08. The van der Waals surface area contributed by atoms with Gasteiger partial charge in [-0.1, -0.05) is 58.9 Å². The summed E-state index contributed by atoms with van der Waals surface area (Å²) in [6, 6.07) is 8.41. The zero-order valence-electron chi connectivity index (χ0n) is 13.2. The van der Waals surface area contributed by atoms with Crippen LogP contribution in [-0.4, -0.2) is 17.4 Å². The standard InChI is InChI=1S/C13H17NO.2C2H6/c1-2-5-13(15)14-9-8-11-6-3-4-7-12(11)10-14;2*1-2/h3-4,6-7H,2,5,8-10H2,1H3;2*1-2H3. The summed E-state index contributed by atoms with van der Waals surface area (Å²) in [5.41, 5.74) is 2.71. The first kappa shape index (κ1) is 17.7. The van der Waals surface area contributed by atoms with Gasteiger partial charge in [0.15, 0.2) is 0 Å². The number of fused-ring (bicyclic) bond motifs is 1. The molecule has 2 nitrogen and oxygen atoms in total. The number of amides is 1. The predicted octanol–water partition coefficient (Wildman–Crippen LogP) is 4.42. The number of carbonyl (C=O) groups is 1. The molecule has 1 aromatic rings. The van der Waals surface area contributed by atoms with E-state index in [-0.39, 0.29) is 0 Å². The van der Waals surface area contributed by atoms with Gasteiger partial charge in [-0.15, -0.1) is 0 Å². The molecule has 1 aliphatic heterocycles. The van der Waals surface area contributed by atoms with E-state index < -0.39 is 0 Å². The van der Waals surface area contributed by atoms with E-state index in [1.54, 1.807) is 0 Å². The second-order valence-electron chi connectivity index (χ2n) is 4.08. The highest BCUT2D eigenvalue weighted by Crippen LogP contribution is 2.19. The Hall–Kier alpha value is -1.31. The van der Waals surface area contributed by atoms with Crippen molar-refractivity contribution in [1.29, 1.82) is 0 Å². The summed E-state index contributed by atoms with van der Waals surface area (Å²) in [5.74, 6) is 0.298. The summed E-state index contributed by atoms with van der Waals surface area (Å²) >= 11 is 0. The van der Waals surface area contributed by atoms with Gasteiger partial charge in [-0.25, -0.2) is 0 Å². The molecule has 1 heterocycles. The Bertz CT molecular complexity index is 360. The second kappa shape index (κ2) is 10.6. The fraction of sp³-hybridized carbons (Fsp3) is 0.588. The van der Waals surface area contributed by atoms with Crippen LogP contribution in [0.5, 0.6) is 0 Å². The van der Waals surface area contributed by atoms with Crippen LogP contribution in [0, 0.1) is 0 Å². The van der Waals surface area contributed by atoms with E-state index >= 15 is 0 Å². The lowest BCUT2D eigenvalue weighted by molar-refractivity contribution is -0.132. The first-order valence-corrected chi connectivity index (χ1v) is 7.66. The van der Waals surface area contributed by atoms with Gasteiger partial charge in [0.1, 0.15) is 0 Å². The van der Waals surface area contributed by atoms with Gasteiger partial charge in [-0.2, -0.15) is 0 Å². The molecule has 0 atom stereocenters. The molecule has 0 unspecified atom stereocenters. The van der Waals surface area contributed by atoms with Crippen molar-refractivity contribution in [3.05, 3.63) is 35.4 Å². The quantitative estimate of drug-likeness (QED) is 0.773. The molecule has 0 aliphatic carbocycles. The van der Waals surface area contributed by atoms with Crippen molar-refractivity contribution in [2.45, 2.75) is 60.4 Å². The highest BCUT2D eigenvalue weighted by atomic mass is 16.2. The maximum Gasteiger partial charge on any atom is 0.222 e. The summed E-state index contributed by atoms with van der Waals surface area (Å²) in [7, 11) is 0. The van der Waals surface area contributed by atoms with Gasteiger partial charge < -0.3 is 4.90 Å². The van der Waals surface area contributed by atoms with Crippen LogP contribution in [0.4, 0.5) is 0 Å². The zero-order chi connectivity index (χ0) is 14.7. The molecule has 0 bridgehead atoms. The van der Waals surface area contributed by atoms with Crippen molar-refractivity contribution in [3.8, 4) is 0 Å². The first-order valence-electron chi connectivity index (χ1n) is 7.66. The van der Waals surface area contributed by atoms with Crippen LogP contribution in [0.25, 0.3) is 0 Å². The number of nitrogens with zero attached hydrogens (tertiary/aromatic N) is 1. The lowest BCUT2D eigenvalue weighted by atomic mass is 10.00. The lowest BCUT2D eigenvalue weighted by Crippen LogP contribution is -2.35. The molecule has 0 saturated carbocycles. The van der Waals surface area contributed by atoms with E-state index in [2.05, 4.69) is 25.1 Å². The molecule has 19 heavy (non-hydrogen) atoms. The number of benzene rings is 1. The van der Waals surface area contributed by atoms with Crippen LogP contribution in [0.2, 0.25) is 0 Å². The molecule has 0 fully saturated rings. The molecule has 1 aromatic carbocycles. The average molecular weight is 263 g/mol. The summed E-state index contributed by atoms with van der Waals surface area (Å²) in [6.07, 6.45) is 2.63. The number of hydrogen-bond acceptors (Lipinski definition) is 1. The Balaban J connectivity index is 0.000000741. The van der Waals surface area contributed by atoms with Crippen molar-refractivity contribution >= 4 is 5.91 Å². The average Bonchev–Trinajstić information content (AvgIpc) is 2.51. The van der Waals surface area contributed by atoms with Crippen LogP contribution in [-0.2, 0) is 17.8 Å². The molecule has 108 valence electrons. The molecule has 0 spiro atoms. The van der Waals surface area contributed by atoms with E-state index in [1.165, 1.54) is 11.1 Å². The molecular formula is C17H29NO. The van der Waals surface area contributed by atoms with E-state index in [0.29, 0.717) is 12.3 Å². The Morgan fingerprint density at radius 1 is 1.11 bits per heavy atom. The Labute approximate surface area is 118 Å². The molecule has 0 aromatic heterocycles. The third-order valence-electron chi connectivity index (χ3n) is 2.95. The van der Waals surface area contributed by atoms with Crippen molar-refractivity contribution in [2.75, 3.05) is 6.54 Å². The van der Waals surface area contributed by atoms with Crippen molar-refractivity contribution in [2.24, 2.45) is 0 Å². The normalized spacial score (nSPS) is 12.4. The van der Waals surface area contributed by atoms with Crippen molar-refractivity contribution in [3.63, 3.8) is 0 Å². The molecule has 1 amide bonds. The van der Waals surface area contributed by atoms with Crippen LogP contribution in [0.15, 0.2) is 24.3 Å². The molecule has 0 N–H and O–H groups in total. The maximum atomic E-state index is 11.7. The molecule has 0 radical (unpaired) electrons. The molecule has 0 saturated heterocycles. The van der Waals surface area contributed by atoms with Gasteiger partial charge in [-0.3, -0.25) is 4.79 Å². The van der Waals surface area contributed by atoms with Crippen LogP contribution in [0.3, 0.4) is 0 Å². The lowest BCUT2D eigenvalue weighted by Gasteiger charge is -2.28. The Morgan fingerprint density at radius 3 is 2.26 bits per heavy atom. The molecule has 1 aliphatic rings. The molecular weight excluding hydrogens is 234 g/mol. The van der Waals surface area contributed by atoms with Crippen LogP contribution < -0.4 is 0 Å². The SMILES string of the molecule is CC.CC.CCCC(=O)N1CCc2ccccc2C1. The minimum Gasteiger partial charge on any atom is -0.338 e. The van der Waals surface area contributed by atoms with E-state index in [0.717, 1.165) is 25.9 Å². The highest BCUT2D eigenvalue weighted by Gasteiger charge is 2.18. The minimum atomic E-state index is 0.298. The van der Waals surface area contributed by atoms with Gasteiger partial charge in [0, 0.05) is 19.5 Å². The van der Waals surface area contributed by atoms with Gasteiger partial charge in [0.25, 0.3) is 0 Å². The predicted molar refractivity (Wildman–Crippen MR) is 83.2 cm³/mol. The van der Waals surface area contributed by atoms with Crippen LogP contribution >= 0.6 is 0 Å². The van der Waals surface area contributed by atoms with E-state index in [4.69, 9.17) is 0 Å². The Morgan fingerprint density at radius 2 is 1.68 bits per heavy atom. The summed E-state index contributed by atoms with van der Waals surface area (Å²) in [6.45, 7) is 11.7. The second-order valence-corrected chi connectivity index (χ2v) is 4.08. The number of hydrogen-bond donors (Lipinski definition) is 0. The van der Waals surface area contributed by atoms with Crippen molar-refractivity contribution < 1.29 is 4.79 Å². The summed E-state index contributed by atoms with van der Waals surface area (Å²) in [5, 5.41) is 0. The smallest absolute Gasteiger partial charge is 0.222 e. The van der Waals surface area contributed by atoms with Gasteiger partial charge in [-0.05, 0) is 24.0 Å². The summed E-state index contributed by atoms with van der Waals surface area (Å²) < 4.78 is 0. The van der Waals surface area contributed by atoms with Gasteiger partial charge >= 0.3 is 0 Å². The molecule has 2 rings (SSSR count). The van der Waals surface area contributed by atoms with Gasteiger partial charge in [0.2, 0.25) is 5.91 Å².